The van der Waals surface area contributed by atoms with Crippen LogP contribution in [0.25, 0.3) is 11.1 Å². The molecule has 7 nitrogen and oxygen atoms in total. The molecule has 2 aromatic carbocycles. The number of carbonyl (C=O) groups is 4. The van der Waals surface area contributed by atoms with Gasteiger partial charge in [0.15, 0.2) is 0 Å². The van der Waals surface area contributed by atoms with Gasteiger partial charge in [-0.3, -0.25) is 29.0 Å². The van der Waals surface area contributed by atoms with Crippen molar-refractivity contribution in [1.82, 2.24) is 9.80 Å². The van der Waals surface area contributed by atoms with Crippen molar-refractivity contribution in [3.63, 3.8) is 0 Å². The normalized spacial score (nSPS) is 16.4. The highest BCUT2D eigenvalue weighted by Crippen LogP contribution is 2.32. The molecule has 0 radical (unpaired) electrons. The summed E-state index contributed by atoms with van der Waals surface area (Å²) < 4.78 is 5.62. The summed E-state index contributed by atoms with van der Waals surface area (Å²) in [6, 6.07) is 9.70. The molecule has 2 heterocycles. The SMILES string of the molecule is CC(C)COCC(C)N1C(=O)c2ccc(-c3ccc4c(c3)C(=O)N(C)C4=O)cc2C1=O. The number of nitrogens with zero attached hydrogens (tertiary/aromatic N) is 2. The molecule has 7 heteroatoms. The minimum Gasteiger partial charge on any atom is -0.379 e. The molecule has 4 rings (SSSR count). The van der Waals surface area contributed by atoms with Gasteiger partial charge in [-0.15, -0.1) is 0 Å². The van der Waals surface area contributed by atoms with Crippen molar-refractivity contribution in [2.75, 3.05) is 20.3 Å². The molecule has 0 aliphatic carbocycles. The van der Waals surface area contributed by atoms with Gasteiger partial charge in [-0.1, -0.05) is 26.0 Å². The number of benzene rings is 2. The molecule has 2 aromatic rings. The predicted molar refractivity (Wildman–Crippen MR) is 114 cm³/mol. The maximum Gasteiger partial charge on any atom is 0.261 e. The van der Waals surface area contributed by atoms with Crippen LogP contribution < -0.4 is 0 Å². The Balaban J connectivity index is 1.61. The molecule has 1 unspecified atom stereocenters. The van der Waals surface area contributed by atoms with Gasteiger partial charge in [-0.05, 0) is 48.2 Å². The van der Waals surface area contributed by atoms with Crippen molar-refractivity contribution in [3.8, 4) is 11.1 Å². The Bertz CT molecular complexity index is 1120. The Labute approximate surface area is 180 Å². The van der Waals surface area contributed by atoms with E-state index < -0.39 is 0 Å². The van der Waals surface area contributed by atoms with Gasteiger partial charge in [-0.2, -0.15) is 0 Å². The van der Waals surface area contributed by atoms with Crippen LogP contribution in [0.15, 0.2) is 36.4 Å². The maximum atomic E-state index is 13.0. The van der Waals surface area contributed by atoms with Crippen LogP contribution in [0.3, 0.4) is 0 Å². The summed E-state index contributed by atoms with van der Waals surface area (Å²) in [5, 5.41) is 0. The van der Waals surface area contributed by atoms with Crippen LogP contribution in [0.1, 0.15) is 62.2 Å². The highest BCUT2D eigenvalue weighted by atomic mass is 16.5. The average Bonchev–Trinajstić information content (AvgIpc) is 3.12. The zero-order valence-electron chi connectivity index (χ0n) is 18.0. The quantitative estimate of drug-likeness (QED) is 0.670. The van der Waals surface area contributed by atoms with Gasteiger partial charge in [-0.25, -0.2) is 0 Å². The van der Waals surface area contributed by atoms with E-state index in [1.807, 2.05) is 13.8 Å². The van der Waals surface area contributed by atoms with E-state index in [2.05, 4.69) is 0 Å². The molecule has 0 saturated heterocycles. The summed E-state index contributed by atoms with van der Waals surface area (Å²) in [5.41, 5.74) is 2.79. The van der Waals surface area contributed by atoms with E-state index in [1.165, 1.54) is 11.9 Å². The van der Waals surface area contributed by atoms with Crippen molar-refractivity contribution in [1.29, 1.82) is 0 Å². The Kier molecular flexibility index (Phi) is 5.23. The minimum absolute atomic E-state index is 0.283. The highest BCUT2D eigenvalue weighted by Gasteiger charge is 2.39. The molecular formula is C24H24N2O5. The number of hydrogen-bond acceptors (Lipinski definition) is 5. The third kappa shape index (κ3) is 3.45. The molecule has 0 N–H and O–H groups in total. The lowest BCUT2D eigenvalue weighted by molar-refractivity contribution is 0.0384. The van der Waals surface area contributed by atoms with E-state index in [9.17, 15) is 19.2 Å². The molecular weight excluding hydrogens is 396 g/mol. The van der Waals surface area contributed by atoms with Crippen LogP contribution >= 0.6 is 0 Å². The Morgan fingerprint density at radius 3 is 1.77 bits per heavy atom. The largest absolute Gasteiger partial charge is 0.379 e. The van der Waals surface area contributed by atoms with Crippen LogP contribution in [0.2, 0.25) is 0 Å². The zero-order chi connectivity index (χ0) is 22.4. The molecule has 4 amide bonds. The van der Waals surface area contributed by atoms with Crippen molar-refractivity contribution >= 4 is 23.6 Å². The lowest BCUT2D eigenvalue weighted by Gasteiger charge is -2.22. The second-order valence-electron chi connectivity index (χ2n) is 8.45. The first-order valence-corrected chi connectivity index (χ1v) is 10.3. The number of amides is 4. The fourth-order valence-electron chi connectivity index (χ4n) is 3.93. The molecule has 0 saturated carbocycles. The lowest BCUT2D eigenvalue weighted by atomic mass is 9.97. The van der Waals surface area contributed by atoms with Gasteiger partial charge in [0.05, 0.1) is 34.9 Å². The Morgan fingerprint density at radius 1 is 0.710 bits per heavy atom. The molecule has 0 aromatic heterocycles. The highest BCUT2D eigenvalue weighted by molar-refractivity contribution is 6.23. The van der Waals surface area contributed by atoms with Gasteiger partial charge < -0.3 is 4.74 Å². The first kappa shape index (κ1) is 20.9. The topological polar surface area (TPSA) is 84.0 Å². The molecule has 160 valence electrons. The molecule has 2 aliphatic heterocycles. The second kappa shape index (κ2) is 7.74. The standard InChI is InChI=1S/C24H24N2O5/c1-13(2)11-31-12-14(3)26-23(29)18-8-6-16(10-20(18)24(26)30)15-5-7-17-19(9-15)22(28)25(4)21(17)27/h5-10,13-14H,11-12H2,1-4H3. The van der Waals surface area contributed by atoms with Gasteiger partial charge in [0.1, 0.15) is 0 Å². The molecule has 31 heavy (non-hydrogen) atoms. The van der Waals surface area contributed by atoms with Crippen molar-refractivity contribution in [3.05, 3.63) is 58.7 Å². The van der Waals surface area contributed by atoms with Crippen LogP contribution in [-0.2, 0) is 4.74 Å². The summed E-state index contributed by atoms with van der Waals surface area (Å²) in [6.45, 7) is 6.71. The Hall–Kier alpha value is -3.32. The molecule has 2 aliphatic rings. The molecule has 1 atom stereocenters. The van der Waals surface area contributed by atoms with Crippen LogP contribution in [0, 0.1) is 5.92 Å². The summed E-state index contributed by atoms with van der Waals surface area (Å²) in [5.74, 6) is -0.995. The maximum absolute atomic E-state index is 13.0. The molecule has 0 spiro atoms. The number of carbonyl (C=O) groups excluding carboxylic acids is 4. The summed E-state index contributed by atoms with van der Waals surface area (Å²) in [6.07, 6.45) is 0. The zero-order valence-corrected chi connectivity index (χ0v) is 18.0. The minimum atomic E-state index is -0.381. The van der Waals surface area contributed by atoms with Crippen molar-refractivity contribution < 1.29 is 23.9 Å². The smallest absolute Gasteiger partial charge is 0.261 e. The van der Waals surface area contributed by atoms with Gasteiger partial charge in [0.2, 0.25) is 0 Å². The van der Waals surface area contributed by atoms with Crippen LogP contribution in [0.4, 0.5) is 0 Å². The summed E-state index contributed by atoms with van der Waals surface area (Å²) in [7, 11) is 1.45. The third-order valence-corrected chi connectivity index (χ3v) is 5.59. The van der Waals surface area contributed by atoms with E-state index in [4.69, 9.17) is 4.74 Å². The predicted octanol–water partition coefficient (Wildman–Crippen LogP) is 3.24. The lowest BCUT2D eigenvalue weighted by Crippen LogP contribution is -2.40. The molecule has 0 fully saturated rings. The van der Waals surface area contributed by atoms with Gasteiger partial charge in [0.25, 0.3) is 23.6 Å². The number of rotatable bonds is 6. The third-order valence-electron chi connectivity index (χ3n) is 5.59. The first-order valence-electron chi connectivity index (χ1n) is 10.3. The van der Waals surface area contributed by atoms with E-state index >= 15 is 0 Å². The van der Waals surface area contributed by atoms with Crippen LogP contribution in [0.5, 0.6) is 0 Å². The van der Waals surface area contributed by atoms with Gasteiger partial charge >= 0.3 is 0 Å². The summed E-state index contributed by atoms with van der Waals surface area (Å²) in [4.78, 5) is 52.6. The fourth-order valence-corrected chi connectivity index (χ4v) is 3.93. The Morgan fingerprint density at radius 2 is 1.19 bits per heavy atom. The van der Waals surface area contributed by atoms with E-state index in [1.54, 1.807) is 43.3 Å². The van der Waals surface area contributed by atoms with E-state index in [0.717, 1.165) is 4.90 Å². The number of ether oxygens (including phenoxy) is 1. The van der Waals surface area contributed by atoms with Crippen LogP contribution in [-0.4, -0.2) is 59.7 Å². The van der Waals surface area contributed by atoms with Gasteiger partial charge in [0, 0.05) is 13.7 Å². The molecule has 0 bridgehead atoms. The van der Waals surface area contributed by atoms with Crippen molar-refractivity contribution in [2.45, 2.75) is 26.8 Å². The number of imide groups is 2. The number of fused-ring (bicyclic) bond motifs is 2. The fraction of sp³-hybridized carbons (Fsp3) is 0.333. The van der Waals surface area contributed by atoms with Crippen molar-refractivity contribution in [2.24, 2.45) is 5.92 Å². The van der Waals surface area contributed by atoms with E-state index in [-0.39, 0.29) is 36.3 Å². The first-order chi connectivity index (χ1) is 14.7. The monoisotopic (exact) mass is 420 g/mol. The summed E-state index contributed by atoms with van der Waals surface area (Å²) >= 11 is 0. The average molecular weight is 420 g/mol. The second-order valence-corrected chi connectivity index (χ2v) is 8.45. The van der Waals surface area contributed by atoms with E-state index in [0.29, 0.717) is 45.9 Å². The number of hydrogen-bond donors (Lipinski definition) is 0.